The van der Waals surface area contributed by atoms with E-state index in [9.17, 15) is 14.4 Å². The average molecular weight is 565 g/mol. The van der Waals surface area contributed by atoms with Crippen molar-refractivity contribution in [3.8, 4) is 0 Å². The van der Waals surface area contributed by atoms with Crippen molar-refractivity contribution in [2.75, 3.05) is 13.2 Å². The smallest absolute Gasteiger partial charge is 0.350 e. The summed E-state index contributed by atoms with van der Waals surface area (Å²) < 4.78 is 16.7. The molecule has 6 heteroatoms. The van der Waals surface area contributed by atoms with Gasteiger partial charge in [-0.05, 0) is 38.5 Å². The van der Waals surface area contributed by atoms with Gasteiger partial charge in [0.1, 0.15) is 0 Å². The van der Waals surface area contributed by atoms with Gasteiger partial charge < -0.3 is 14.2 Å². The molecule has 1 aliphatic rings. The molecular formula is C34H60O6. The average Bonchev–Trinajstić information content (AvgIpc) is 2.96. The molecule has 6 nitrogen and oxygen atoms in total. The van der Waals surface area contributed by atoms with Crippen LogP contribution in [0.1, 0.15) is 162 Å². The number of carbonyl (C=O) groups is 3. The fourth-order valence-electron chi connectivity index (χ4n) is 5.49. The predicted octanol–water partition coefficient (Wildman–Crippen LogP) is 9.18. The second kappa shape index (κ2) is 23.8. The molecule has 0 heterocycles. The second-order valence-electron chi connectivity index (χ2n) is 11.7. The molecule has 0 saturated heterocycles. The Morgan fingerprint density at radius 2 is 1.05 bits per heavy atom. The van der Waals surface area contributed by atoms with Crippen molar-refractivity contribution in [1.82, 2.24) is 0 Å². The zero-order valence-electron chi connectivity index (χ0n) is 26.0. The maximum Gasteiger partial charge on any atom is 0.350 e. The van der Waals surface area contributed by atoms with Gasteiger partial charge in [0, 0.05) is 6.08 Å². The van der Waals surface area contributed by atoms with Crippen molar-refractivity contribution in [3.05, 3.63) is 12.7 Å². The summed E-state index contributed by atoms with van der Waals surface area (Å²) in [6.45, 7) is 8.71. The molecule has 0 amide bonds. The van der Waals surface area contributed by atoms with Crippen LogP contribution in [-0.2, 0) is 28.6 Å². The van der Waals surface area contributed by atoms with Gasteiger partial charge in [0.05, 0.1) is 19.1 Å². The maximum absolute atomic E-state index is 13.0. The highest BCUT2D eigenvalue weighted by atomic mass is 16.6. The van der Waals surface area contributed by atoms with Gasteiger partial charge in [-0.1, -0.05) is 130 Å². The Labute approximate surface area is 245 Å². The minimum absolute atomic E-state index is 0.207. The first-order chi connectivity index (χ1) is 19.5. The van der Waals surface area contributed by atoms with Crippen molar-refractivity contribution in [3.63, 3.8) is 0 Å². The number of ether oxygens (including phenoxy) is 3. The molecule has 0 spiro atoms. The van der Waals surface area contributed by atoms with E-state index in [-0.39, 0.29) is 24.7 Å². The molecule has 0 aromatic carbocycles. The Kier molecular flexibility index (Phi) is 21.5. The highest BCUT2D eigenvalue weighted by Gasteiger charge is 2.48. The van der Waals surface area contributed by atoms with Crippen LogP contribution in [0.25, 0.3) is 0 Å². The molecule has 232 valence electrons. The van der Waals surface area contributed by atoms with Gasteiger partial charge >= 0.3 is 17.9 Å². The summed E-state index contributed by atoms with van der Waals surface area (Å²) in [7, 11) is 0. The number of rotatable bonds is 25. The van der Waals surface area contributed by atoms with Gasteiger partial charge in [0.15, 0.2) is 0 Å². The Bertz CT molecular complexity index is 680. The van der Waals surface area contributed by atoms with E-state index in [0.29, 0.717) is 26.1 Å². The number of esters is 3. The fraction of sp³-hybridized carbons (Fsp3) is 0.853. The monoisotopic (exact) mass is 564 g/mol. The molecule has 0 unspecified atom stereocenters. The van der Waals surface area contributed by atoms with Crippen LogP contribution in [0.4, 0.5) is 0 Å². The SMILES string of the molecule is C=CC(=O)OC1(C(=O)OCCCCCCCCCCCCC)CCC(C(=O)OCCCCCCCCCC)CC1. The van der Waals surface area contributed by atoms with E-state index in [2.05, 4.69) is 20.4 Å². The first kappa shape index (κ1) is 36.2. The Morgan fingerprint density at radius 3 is 1.48 bits per heavy atom. The van der Waals surface area contributed by atoms with Gasteiger partial charge in [0.2, 0.25) is 5.60 Å². The first-order valence-corrected chi connectivity index (χ1v) is 16.7. The Hall–Kier alpha value is -1.85. The first-order valence-electron chi connectivity index (χ1n) is 16.7. The lowest BCUT2D eigenvalue weighted by molar-refractivity contribution is -0.186. The van der Waals surface area contributed by atoms with Crippen molar-refractivity contribution in [2.24, 2.45) is 5.92 Å². The second-order valence-corrected chi connectivity index (χ2v) is 11.7. The highest BCUT2D eigenvalue weighted by Crippen LogP contribution is 2.37. The zero-order chi connectivity index (χ0) is 29.3. The van der Waals surface area contributed by atoms with Crippen LogP contribution in [0.2, 0.25) is 0 Å². The summed E-state index contributed by atoms with van der Waals surface area (Å²) in [5, 5.41) is 0. The molecule has 1 rings (SSSR count). The highest BCUT2D eigenvalue weighted by molar-refractivity contribution is 5.88. The molecule has 1 saturated carbocycles. The zero-order valence-corrected chi connectivity index (χ0v) is 26.0. The minimum atomic E-state index is -1.34. The van der Waals surface area contributed by atoms with Crippen LogP contribution in [0.5, 0.6) is 0 Å². The molecule has 40 heavy (non-hydrogen) atoms. The third-order valence-electron chi connectivity index (χ3n) is 8.18. The molecule has 0 atom stereocenters. The number of hydrogen-bond donors (Lipinski definition) is 0. The summed E-state index contributed by atoms with van der Waals surface area (Å²) in [6, 6.07) is 0. The summed E-state index contributed by atoms with van der Waals surface area (Å²) in [5.41, 5.74) is -1.34. The molecule has 1 fully saturated rings. The van der Waals surface area contributed by atoms with Gasteiger partial charge in [-0.25, -0.2) is 9.59 Å². The van der Waals surface area contributed by atoms with Crippen LogP contribution in [0, 0.1) is 5.92 Å². The molecule has 0 N–H and O–H groups in total. The predicted molar refractivity (Wildman–Crippen MR) is 162 cm³/mol. The van der Waals surface area contributed by atoms with Gasteiger partial charge in [-0.3, -0.25) is 4.79 Å². The van der Waals surface area contributed by atoms with Crippen molar-refractivity contribution in [1.29, 1.82) is 0 Å². The minimum Gasteiger partial charge on any atom is -0.465 e. The topological polar surface area (TPSA) is 78.9 Å². The van der Waals surface area contributed by atoms with E-state index < -0.39 is 17.5 Å². The number of unbranched alkanes of at least 4 members (excludes halogenated alkanes) is 17. The lowest BCUT2D eigenvalue weighted by Crippen LogP contribution is -2.48. The van der Waals surface area contributed by atoms with Crippen LogP contribution < -0.4 is 0 Å². The molecule has 0 radical (unpaired) electrons. The van der Waals surface area contributed by atoms with Gasteiger partial charge in [0.25, 0.3) is 0 Å². The summed E-state index contributed by atoms with van der Waals surface area (Å²) in [6.07, 6.45) is 25.5. The van der Waals surface area contributed by atoms with Crippen molar-refractivity contribution >= 4 is 17.9 Å². The number of hydrogen-bond acceptors (Lipinski definition) is 6. The molecule has 0 aromatic heterocycles. The van der Waals surface area contributed by atoms with Crippen molar-refractivity contribution < 1.29 is 28.6 Å². The fourth-order valence-corrected chi connectivity index (χ4v) is 5.49. The number of carbonyl (C=O) groups excluding carboxylic acids is 3. The van der Waals surface area contributed by atoms with E-state index >= 15 is 0 Å². The maximum atomic E-state index is 13.0. The van der Waals surface area contributed by atoms with E-state index in [1.807, 2.05) is 0 Å². The van der Waals surface area contributed by atoms with Crippen LogP contribution >= 0.6 is 0 Å². The standard InChI is InChI=1S/C34H60O6/c1-4-7-9-11-13-15-16-17-19-21-23-29-39-33(37)34(40-31(35)6-3)26-24-30(25-27-34)32(36)38-28-22-20-18-14-12-10-8-5-2/h6,30H,3-5,7-29H2,1-2H3. The Morgan fingerprint density at radius 1 is 0.650 bits per heavy atom. The third-order valence-corrected chi connectivity index (χ3v) is 8.18. The lowest BCUT2D eigenvalue weighted by Gasteiger charge is -2.36. The summed E-state index contributed by atoms with van der Waals surface area (Å²) in [4.78, 5) is 37.7. The normalized spacial score (nSPS) is 18.7. The largest absolute Gasteiger partial charge is 0.465 e. The van der Waals surface area contributed by atoms with Gasteiger partial charge in [-0.2, -0.15) is 0 Å². The van der Waals surface area contributed by atoms with E-state index in [0.717, 1.165) is 38.2 Å². The van der Waals surface area contributed by atoms with Crippen LogP contribution in [0.15, 0.2) is 12.7 Å². The van der Waals surface area contributed by atoms with Crippen molar-refractivity contribution in [2.45, 2.75) is 167 Å². The van der Waals surface area contributed by atoms with Crippen LogP contribution in [-0.4, -0.2) is 36.7 Å². The van der Waals surface area contributed by atoms with Crippen LogP contribution in [0.3, 0.4) is 0 Å². The van der Waals surface area contributed by atoms with E-state index in [1.165, 1.54) is 89.9 Å². The quantitative estimate of drug-likeness (QED) is 0.0476. The van der Waals surface area contributed by atoms with Gasteiger partial charge in [-0.15, -0.1) is 0 Å². The van der Waals surface area contributed by atoms with E-state index in [4.69, 9.17) is 14.2 Å². The molecule has 0 aromatic rings. The lowest BCUT2D eigenvalue weighted by atomic mass is 9.78. The molecule has 0 bridgehead atoms. The van der Waals surface area contributed by atoms with E-state index in [1.54, 1.807) is 0 Å². The summed E-state index contributed by atoms with van der Waals surface area (Å²) in [5.74, 6) is -1.62. The summed E-state index contributed by atoms with van der Waals surface area (Å²) >= 11 is 0. The molecule has 0 aliphatic heterocycles. The molecular weight excluding hydrogens is 504 g/mol. The Balaban J connectivity index is 2.28. The third kappa shape index (κ3) is 16.4. The molecule has 1 aliphatic carbocycles.